The Hall–Kier alpha value is -6.62. The highest BCUT2D eigenvalue weighted by molar-refractivity contribution is 7.49. The molecule has 3 unspecified atom stereocenters. The predicted octanol–water partition coefficient (Wildman–Crippen LogP) is 11.6. The molecule has 63 heavy (non-hydrogen) atoms. The zero-order valence-corrected chi connectivity index (χ0v) is 37.2. The van der Waals surface area contributed by atoms with E-state index >= 15 is 0 Å². The van der Waals surface area contributed by atoms with Crippen molar-refractivity contribution in [3.63, 3.8) is 0 Å². The Labute approximate surface area is 377 Å². The van der Waals surface area contributed by atoms with Gasteiger partial charge in [0.2, 0.25) is 11.8 Å². The summed E-state index contributed by atoms with van der Waals surface area (Å²) in [6.07, 6.45) is 15.4. The number of aliphatic imine (C=N–C) groups is 1. The van der Waals surface area contributed by atoms with E-state index in [1.165, 1.54) is 11.1 Å². The molecule has 308 valence electrons. The van der Waals surface area contributed by atoms with Crippen LogP contribution in [0.4, 0.5) is 0 Å². The molecule has 0 saturated heterocycles. The second kappa shape index (κ2) is 20.0. The minimum absolute atomic E-state index is 0.124. The van der Waals surface area contributed by atoms with E-state index in [9.17, 15) is 0 Å². The lowest BCUT2D eigenvalue weighted by atomic mass is 9.87. The molecule has 3 aromatic heterocycles. The lowest BCUT2D eigenvalue weighted by Gasteiger charge is -2.28. The van der Waals surface area contributed by atoms with Gasteiger partial charge in [-0.25, -0.2) is 0 Å². The van der Waals surface area contributed by atoms with Crippen molar-refractivity contribution in [2.45, 2.75) is 32.2 Å². The first-order valence-electron chi connectivity index (χ1n) is 21.0. The molecular formula is C51H44AlBN5O4P. The smallest absolute Gasteiger partial charge is 0.579 e. The number of para-hydroxylation sites is 2. The van der Waals surface area contributed by atoms with E-state index in [4.69, 9.17) is 17.1 Å². The Kier molecular flexibility index (Phi) is 13.3. The first kappa shape index (κ1) is 41.7. The summed E-state index contributed by atoms with van der Waals surface area (Å²) >= 11 is -2.82. The maximum Gasteiger partial charge on any atom is 1.20 e. The Balaban J connectivity index is 0.000000169. The quantitative estimate of drug-likeness (QED) is 0.104. The number of hydrogen-bond donors (Lipinski definition) is 0. The Morgan fingerprint density at radius 2 is 1.14 bits per heavy atom. The van der Waals surface area contributed by atoms with Gasteiger partial charge in [-0.05, 0) is 82.8 Å². The third-order valence-electron chi connectivity index (χ3n) is 10.4. The Morgan fingerprint density at radius 3 is 1.73 bits per heavy atom. The van der Waals surface area contributed by atoms with Crippen LogP contribution in [0.5, 0.6) is 11.5 Å². The third kappa shape index (κ3) is 10.4. The summed E-state index contributed by atoms with van der Waals surface area (Å²) < 4.78 is 31.3. The monoisotopic (exact) mass is 860 g/mol. The largest absolute Gasteiger partial charge is 1.20 e. The molecule has 2 radical (unpaired) electrons. The van der Waals surface area contributed by atoms with E-state index in [0.717, 1.165) is 44.3 Å². The van der Waals surface area contributed by atoms with Crippen molar-refractivity contribution in [3.8, 4) is 45.5 Å². The van der Waals surface area contributed by atoms with Crippen LogP contribution in [0.1, 0.15) is 26.3 Å². The molecule has 10 rings (SSSR count). The molecule has 0 saturated carbocycles. The van der Waals surface area contributed by atoms with E-state index in [2.05, 4.69) is 102 Å². The average molecular weight is 861 g/mol. The van der Waals surface area contributed by atoms with Gasteiger partial charge in [0.05, 0.1) is 13.3 Å². The fourth-order valence-corrected chi connectivity index (χ4v) is 8.56. The normalized spacial score (nSPS) is 15.3. The van der Waals surface area contributed by atoms with Crippen molar-refractivity contribution in [1.29, 1.82) is 1.28 Å². The van der Waals surface area contributed by atoms with Crippen molar-refractivity contribution < 1.29 is 15.8 Å². The molecule has 1 aliphatic carbocycles. The molecule has 0 N–H and O–H groups in total. The summed E-state index contributed by atoms with van der Waals surface area (Å²) in [5.74, 6) is 3.20. The molecule has 0 fully saturated rings. The maximum absolute atomic E-state index is 6.47. The van der Waals surface area contributed by atoms with E-state index < -0.39 is 15.1 Å². The summed E-state index contributed by atoms with van der Waals surface area (Å²) in [6.45, 7) is 6.60. The van der Waals surface area contributed by atoms with Gasteiger partial charge in [-0.2, -0.15) is 9.06 Å². The van der Waals surface area contributed by atoms with Crippen LogP contribution in [0.2, 0.25) is 0 Å². The second-order valence-corrected chi connectivity index (χ2v) is 16.9. The van der Waals surface area contributed by atoms with Crippen molar-refractivity contribution in [3.05, 3.63) is 194 Å². The van der Waals surface area contributed by atoms with Crippen LogP contribution in [0.25, 0.3) is 55.8 Å². The molecule has 2 aliphatic rings. The number of aromatic nitrogens is 4. The van der Waals surface area contributed by atoms with Gasteiger partial charge >= 0.3 is 15.1 Å². The van der Waals surface area contributed by atoms with E-state index in [1.807, 2.05) is 121 Å². The van der Waals surface area contributed by atoms with Gasteiger partial charge in [-0.3, -0.25) is 15.0 Å². The van der Waals surface area contributed by atoms with Gasteiger partial charge in [-0.15, -0.1) is 10.2 Å². The molecule has 3 atom stereocenters. The van der Waals surface area contributed by atoms with E-state index in [0.29, 0.717) is 23.3 Å². The first-order chi connectivity index (χ1) is 31.3. The standard InChI is InChI=1S/C24H22N2O.C9H9NO.2C9H7NO.Al.BH2P/c1-24(2,3)21-15-13-20(14-16-21)23-26-25-22(27-23)19-11-9-18(10-12-19)17-7-5-4-6-8-17;3*11-8-5-1-3-7-4-2-6-10-9(7)8;;1-2/h4-16H,1-3H3;1-7,9,11H;2*1-6,11H;;2H2/q;;;;+3;/p-3/i;;;;;2D. The molecule has 9 nitrogen and oxygen atoms in total. The molecule has 0 amide bonds. The number of allylic oxidation sites excluding steroid dienone is 3. The molecule has 0 spiro atoms. The minimum atomic E-state index is -2.82. The number of pyridine rings is 2. The molecular weight excluding hydrogens is 815 g/mol. The summed E-state index contributed by atoms with van der Waals surface area (Å²) in [7, 11) is 4.38. The van der Waals surface area contributed by atoms with Gasteiger partial charge in [0, 0.05) is 47.7 Å². The van der Waals surface area contributed by atoms with Crippen molar-refractivity contribution in [2.24, 2.45) is 10.9 Å². The molecule has 8 aromatic rings. The predicted molar refractivity (Wildman–Crippen MR) is 258 cm³/mol. The van der Waals surface area contributed by atoms with Crippen LogP contribution in [-0.2, 0) is 9.20 Å². The highest BCUT2D eigenvalue weighted by Gasteiger charge is 2.47. The third-order valence-corrected chi connectivity index (χ3v) is 11.8. The number of hydrogen-bond acceptors (Lipinski definition) is 9. The maximum atomic E-state index is 6.47. The molecule has 12 heteroatoms. The SMILES string of the molecule is C1=CC2C=CC=C([O][Al]([O]c3cccc4cccnc34)[O]c3cccc4cccnc34)C2N=C1.CC(C)(C)c1ccc(-c2nnc(-c3ccc(-c4ccccc4)cc3)o2)cc1.[2H]P[B]. The molecule has 1 aliphatic heterocycles. The molecule has 5 aromatic carbocycles. The lowest BCUT2D eigenvalue weighted by molar-refractivity contribution is 0.238. The highest BCUT2D eigenvalue weighted by atomic mass is 31.0. The van der Waals surface area contributed by atoms with Crippen LogP contribution in [0.3, 0.4) is 0 Å². The topological polar surface area (TPSA) is 105 Å². The Morgan fingerprint density at radius 1 is 0.619 bits per heavy atom. The van der Waals surface area contributed by atoms with Crippen molar-refractivity contribution >= 4 is 59.8 Å². The van der Waals surface area contributed by atoms with E-state index in [-0.39, 0.29) is 26.4 Å². The number of nitrogens with zero attached hydrogens (tertiary/aromatic N) is 5. The summed E-state index contributed by atoms with van der Waals surface area (Å²) in [6, 6.07) is 46.2. The number of dihydropyridines is 1. The van der Waals surface area contributed by atoms with Gasteiger partial charge in [-0.1, -0.05) is 130 Å². The van der Waals surface area contributed by atoms with Crippen LogP contribution in [-0.4, -0.2) is 56.4 Å². The van der Waals surface area contributed by atoms with E-state index in [1.54, 1.807) is 18.6 Å². The fourth-order valence-electron chi connectivity index (χ4n) is 7.18. The second-order valence-electron chi connectivity index (χ2n) is 15.6. The van der Waals surface area contributed by atoms with Gasteiger partial charge in [0.15, 0.2) is 0 Å². The summed E-state index contributed by atoms with van der Waals surface area (Å²) in [5, 5.41) is 10.4. The van der Waals surface area contributed by atoms with Crippen LogP contribution >= 0.6 is 9.06 Å². The summed E-state index contributed by atoms with van der Waals surface area (Å²) in [5.41, 5.74) is 7.13. The van der Waals surface area contributed by atoms with Crippen molar-refractivity contribution in [1.82, 2.24) is 20.2 Å². The molecule has 0 bridgehead atoms. The van der Waals surface area contributed by atoms with Crippen molar-refractivity contribution in [2.75, 3.05) is 0 Å². The fraction of sp³-hybridized carbons (Fsp3) is 0.118. The minimum Gasteiger partial charge on any atom is -0.579 e. The van der Waals surface area contributed by atoms with Gasteiger partial charge in [0.25, 0.3) is 0 Å². The lowest BCUT2D eigenvalue weighted by Crippen LogP contribution is -2.37. The first-order valence-corrected chi connectivity index (χ1v) is 22.5. The zero-order valence-electron chi connectivity index (χ0n) is 36.1. The highest BCUT2D eigenvalue weighted by Crippen LogP contribution is 2.32. The van der Waals surface area contributed by atoms with Crippen LogP contribution in [0, 0.1) is 5.92 Å². The van der Waals surface area contributed by atoms with Gasteiger partial charge < -0.3 is 15.8 Å². The number of fused-ring (bicyclic) bond motifs is 3. The van der Waals surface area contributed by atoms with Crippen LogP contribution < -0.4 is 7.58 Å². The van der Waals surface area contributed by atoms with Crippen LogP contribution in [0.15, 0.2) is 197 Å². The zero-order chi connectivity index (χ0) is 44.3. The average Bonchev–Trinajstić information content (AvgIpc) is 3.83. The number of benzene rings is 5. The summed E-state index contributed by atoms with van der Waals surface area (Å²) in [4.78, 5) is 13.7. The number of rotatable bonds is 9. The molecule has 4 heterocycles. The van der Waals surface area contributed by atoms with Gasteiger partial charge in [0.1, 0.15) is 28.6 Å². The Bertz CT molecular complexity index is 2850.